The summed E-state index contributed by atoms with van der Waals surface area (Å²) < 4.78 is 41.1. The van der Waals surface area contributed by atoms with Crippen LogP contribution in [0.25, 0.3) is 27.1 Å². The van der Waals surface area contributed by atoms with Crippen LogP contribution in [-0.4, -0.2) is 32.4 Å². The van der Waals surface area contributed by atoms with Crippen LogP contribution in [0.4, 0.5) is 5.69 Å². The molecular formula is C27H27N2O4S3+. The zero-order valence-corrected chi connectivity index (χ0v) is 22.5. The van der Waals surface area contributed by atoms with Crippen molar-refractivity contribution in [1.82, 2.24) is 0 Å². The Hall–Kier alpha value is -2.85. The number of hydrogen-bond acceptors (Lipinski definition) is 6. The number of thioether (sulfide) groups is 1. The van der Waals surface area contributed by atoms with Crippen LogP contribution in [0, 0.1) is 0 Å². The van der Waals surface area contributed by atoms with Gasteiger partial charge in [0.2, 0.25) is 5.52 Å². The highest BCUT2D eigenvalue weighted by Gasteiger charge is 2.26. The SMILES string of the molecule is CC[n+]1c(/C=C(/C=C2\Sc3ccccc3N2CCCS(=O)(=O)O)OC)sc2ccc3ccccc3c21. The van der Waals surface area contributed by atoms with Crippen LogP contribution in [0.15, 0.2) is 82.4 Å². The topological polar surface area (TPSA) is 70.7 Å². The number of para-hydroxylation sites is 1. The van der Waals surface area contributed by atoms with E-state index >= 15 is 0 Å². The second-order valence-corrected chi connectivity index (χ2v) is 12.1. The first kappa shape index (κ1) is 24.8. The number of allylic oxidation sites excluding steroid dienone is 1. The van der Waals surface area contributed by atoms with Crippen molar-refractivity contribution in [2.75, 3.05) is 24.3 Å². The Labute approximate surface area is 219 Å². The number of fused-ring (bicyclic) bond motifs is 4. The molecule has 3 aromatic carbocycles. The van der Waals surface area contributed by atoms with Crippen molar-refractivity contribution in [2.45, 2.75) is 24.8 Å². The number of rotatable bonds is 8. The highest BCUT2D eigenvalue weighted by molar-refractivity contribution is 8.03. The van der Waals surface area contributed by atoms with E-state index in [2.05, 4.69) is 64.9 Å². The normalized spacial score (nSPS) is 15.2. The van der Waals surface area contributed by atoms with Gasteiger partial charge in [0.25, 0.3) is 15.1 Å². The highest BCUT2D eigenvalue weighted by Crippen LogP contribution is 2.46. The summed E-state index contributed by atoms with van der Waals surface area (Å²) in [7, 11) is -2.34. The Bertz CT molecular complexity index is 1610. The lowest BCUT2D eigenvalue weighted by Gasteiger charge is -2.20. The second-order valence-electron chi connectivity index (χ2n) is 8.41. The maximum atomic E-state index is 11.3. The van der Waals surface area contributed by atoms with Crippen molar-refractivity contribution in [3.05, 3.63) is 82.5 Å². The molecule has 0 amide bonds. The lowest BCUT2D eigenvalue weighted by Crippen LogP contribution is -2.33. The first-order valence-corrected chi connectivity index (χ1v) is 14.9. The van der Waals surface area contributed by atoms with E-state index in [0.29, 0.717) is 18.7 Å². The van der Waals surface area contributed by atoms with Gasteiger partial charge in [-0.1, -0.05) is 59.5 Å². The summed E-state index contributed by atoms with van der Waals surface area (Å²) >= 11 is 3.36. The van der Waals surface area contributed by atoms with E-state index in [1.165, 1.54) is 21.0 Å². The molecule has 0 radical (unpaired) electrons. The average Bonchev–Trinajstić information content (AvgIpc) is 3.40. The molecule has 1 aliphatic rings. The van der Waals surface area contributed by atoms with Gasteiger partial charge in [-0.05, 0) is 43.0 Å². The minimum absolute atomic E-state index is 0.275. The van der Waals surface area contributed by atoms with E-state index in [1.54, 1.807) is 30.2 Å². The smallest absolute Gasteiger partial charge is 0.266 e. The molecule has 2 heterocycles. The second kappa shape index (κ2) is 10.3. The number of thiazole rings is 1. The van der Waals surface area contributed by atoms with Gasteiger partial charge in [-0.3, -0.25) is 4.55 Å². The third kappa shape index (κ3) is 5.01. The van der Waals surface area contributed by atoms with E-state index in [1.807, 2.05) is 24.3 Å². The third-order valence-electron chi connectivity index (χ3n) is 6.12. The summed E-state index contributed by atoms with van der Waals surface area (Å²) in [6.45, 7) is 3.45. The molecule has 1 aliphatic heterocycles. The van der Waals surface area contributed by atoms with Crippen molar-refractivity contribution in [1.29, 1.82) is 0 Å². The molecule has 0 unspecified atom stereocenters. The largest absolute Gasteiger partial charge is 0.496 e. The maximum absolute atomic E-state index is 11.3. The number of anilines is 1. The molecule has 1 aromatic heterocycles. The summed E-state index contributed by atoms with van der Waals surface area (Å²) in [6, 6.07) is 20.8. The van der Waals surface area contributed by atoms with Crippen LogP contribution in [0.2, 0.25) is 0 Å². The van der Waals surface area contributed by atoms with E-state index in [-0.39, 0.29) is 5.75 Å². The highest BCUT2D eigenvalue weighted by atomic mass is 32.2. The molecule has 0 fully saturated rings. The Morgan fingerprint density at radius 1 is 1.11 bits per heavy atom. The Kier molecular flexibility index (Phi) is 7.07. The minimum atomic E-state index is -4.01. The van der Waals surface area contributed by atoms with E-state index < -0.39 is 10.1 Å². The predicted octanol–water partition coefficient (Wildman–Crippen LogP) is 6.08. The monoisotopic (exact) mass is 539 g/mol. The van der Waals surface area contributed by atoms with Crippen LogP contribution in [0.1, 0.15) is 18.4 Å². The number of benzene rings is 3. The number of methoxy groups -OCH3 is 1. The fourth-order valence-electron chi connectivity index (χ4n) is 4.49. The molecule has 186 valence electrons. The van der Waals surface area contributed by atoms with Crippen LogP contribution in [-0.2, 0) is 21.4 Å². The first-order chi connectivity index (χ1) is 17.4. The lowest BCUT2D eigenvalue weighted by molar-refractivity contribution is -0.664. The van der Waals surface area contributed by atoms with Crippen molar-refractivity contribution >= 4 is 66.0 Å². The molecule has 9 heteroatoms. The molecule has 1 N–H and O–H groups in total. The van der Waals surface area contributed by atoms with Gasteiger partial charge in [-0.2, -0.15) is 13.0 Å². The van der Waals surface area contributed by atoms with E-state index in [0.717, 1.165) is 27.2 Å². The molecular weight excluding hydrogens is 513 g/mol. The van der Waals surface area contributed by atoms with Crippen LogP contribution < -0.4 is 9.47 Å². The Morgan fingerprint density at radius 3 is 2.67 bits per heavy atom. The maximum Gasteiger partial charge on any atom is 0.266 e. The van der Waals surface area contributed by atoms with Gasteiger partial charge in [0, 0.05) is 17.5 Å². The van der Waals surface area contributed by atoms with Crippen molar-refractivity contribution in [3.8, 4) is 0 Å². The van der Waals surface area contributed by atoms with Crippen molar-refractivity contribution in [3.63, 3.8) is 0 Å². The number of nitrogens with zero attached hydrogens (tertiary/aromatic N) is 2. The molecule has 0 spiro atoms. The van der Waals surface area contributed by atoms with Crippen molar-refractivity contribution < 1.29 is 22.3 Å². The molecule has 4 aromatic rings. The van der Waals surface area contributed by atoms with Gasteiger partial charge in [-0.15, -0.1) is 0 Å². The van der Waals surface area contributed by atoms with Gasteiger partial charge >= 0.3 is 0 Å². The number of aryl methyl sites for hydroxylation is 1. The molecule has 5 rings (SSSR count). The first-order valence-electron chi connectivity index (χ1n) is 11.7. The quantitative estimate of drug-likeness (QED) is 0.166. The van der Waals surface area contributed by atoms with Gasteiger partial charge < -0.3 is 9.64 Å². The fraction of sp³-hybridized carbons (Fsp3) is 0.222. The molecule has 36 heavy (non-hydrogen) atoms. The molecule has 0 aliphatic carbocycles. The zero-order valence-electron chi connectivity index (χ0n) is 20.0. The van der Waals surface area contributed by atoms with Gasteiger partial charge in [0.05, 0.1) is 35.0 Å². The summed E-state index contributed by atoms with van der Waals surface area (Å²) in [5.74, 6) is 0.436. The van der Waals surface area contributed by atoms with Crippen LogP contribution >= 0.6 is 23.1 Å². The van der Waals surface area contributed by atoms with Crippen LogP contribution in [0.3, 0.4) is 0 Å². The van der Waals surface area contributed by atoms with Gasteiger partial charge in [0.15, 0.2) is 0 Å². The number of ether oxygens (including phenoxy) is 1. The zero-order chi connectivity index (χ0) is 25.3. The Morgan fingerprint density at radius 2 is 1.89 bits per heavy atom. The summed E-state index contributed by atoms with van der Waals surface area (Å²) in [5.41, 5.74) is 2.25. The van der Waals surface area contributed by atoms with E-state index in [4.69, 9.17) is 4.74 Å². The summed E-state index contributed by atoms with van der Waals surface area (Å²) in [5, 5.41) is 4.50. The van der Waals surface area contributed by atoms with E-state index in [9.17, 15) is 13.0 Å². The third-order valence-corrected chi connectivity index (χ3v) is 9.13. The minimum Gasteiger partial charge on any atom is -0.496 e. The fourth-order valence-corrected chi connectivity index (χ4v) is 7.30. The average molecular weight is 540 g/mol. The molecule has 6 nitrogen and oxygen atoms in total. The number of hydrogen-bond donors (Lipinski definition) is 1. The van der Waals surface area contributed by atoms with Crippen molar-refractivity contribution in [2.24, 2.45) is 0 Å². The molecule has 0 saturated carbocycles. The lowest BCUT2D eigenvalue weighted by atomic mass is 10.1. The van der Waals surface area contributed by atoms with Crippen LogP contribution in [0.5, 0.6) is 0 Å². The Balaban J connectivity index is 1.54. The molecule has 0 atom stereocenters. The number of aromatic nitrogens is 1. The van der Waals surface area contributed by atoms with Gasteiger partial charge in [-0.25, -0.2) is 0 Å². The standard InChI is InChI=1S/C27H26N2O4S3/c1-3-28-25(35-24-14-13-19-9-4-5-10-21(19)27(24)28)17-20(33-2)18-26-29(15-8-16-36(30,31)32)22-11-6-7-12-23(22)34-26/h4-7,9-14,17-18H,3,8,15-16H2,1-2H3/p+1. The molecule has 0 saturated heterocycles. The molecule has 0 bridgehead atoms. The predicted molar refractivity (Wildman–Crippen MR) is 149 cm³/mol. The summed E-state index contributed by atoms with van der Waals surface area (Å²) in [4.78, 5) is 3.19. The van der Waals surface area contributed by atoms with Gasteiger partial charge in [0.1, 0.15) is 17.0 Å². The summed E-state index contributed by atoms with van der Waals surface area (Å²) in [6.07, 6.45) is 4.38.